The predicted molar refractivity (Wildman–Crippen MR) is 64.1 cm³/mol. The molecule has 1 heterocycles. The third kappa shape index (κ3) is 0.805. The van der Waals surface area contributed by atoms with Gasteiger partial charge in [0.1, 0.15) is 0 Å². The second-order valence-electron chi connectivity index (χ2n) is 7.84. The maximum absolute atomic E-state index is 6.09. The maximum atomic E-state index is 6.09. The Morgan fingerprint density at radius 1 is 1.00 bits per heavy atom. The van der Waals surface area contributed by atoms with E-state index in [1.165, 1.54) is 25.7 Å². The number of rotatable bonds is 0. The molecule has 2 bridgehead atoms. The van der Waals surface area contributed by atoms with Crippen LogP contribution >= 0.6 is 0 Å². The van der Waals surface area contributed by atoms with Crippen LogP contribution in [-0.2, 0) is 4.74 Å². The van der Waals surface area contributed by atoms with E-state index < -0.39 is 0 Å². The van der Waals surface area contributed by atoms with E-state index in [0.717, 1.165) is 17.8 Å². The summed E-state index contributed by atoms with van der Waals surface area (Å²) >= 11 is 0. The molecule has 4 aliphatic rings. The van der Waals surface area contributed by atoms with Gasteiger partial charge in [-0.05, 0) is 61.2 Å². The van der Waals surface area contributed by atoms with Crippen molar-refractivity contribution in [2.24, 2.45) is 28.6 Å². The largest absolute Gasteiger partial charge is 0.366 e. The van der Waals surface area contributed by atoms with Gasteiger partial charge in [-0.2, -0.15) is 0 Å². The van der Waals surface area contributed by atoms with E-state index in [0.29, 0.717) is 16.9 Å². The fraction of sp³-hybridized carbons (Fsp3) is 1.00. The normalized spacial score (nSPS) is 65.2. The molecule has 2 unspecified atom stereocenters. The SMILES string of the molecule is C[C@H]1CC[C@H]2C(C)(C)[C@H]3C[C@@]12CC1OC13C. The van der Waals surface area contributed by atoms with Gasteiger partial charge in [0, 0.05) is 0 Å². The molecule has 3 saturated carbocycles. The van der Waals surface area contributed by atoms with Crippen molar-refractivity contribution in [2.45, 2.75) is 65.1 Å². The van der Waals surface area contributed by atoms with Crippen LogP contribution in [0, 0.1) is 28.6 Å². The van der Waals surface area contributed by atoms with E-state index in [1.807, 2.05) is 0 Å². The standard InChI is InChI=1S/C15H24O/c1-9-5-6-10-13(2,3)11-7-15(9,10)8-12-14(11,4)16-12/h9-12H,5-8H2,1-4H3/t9-,10-,11+,12?,14?,15+/m0/s1. The molecule has 3 aliphatic carbocycles. The number of ether oxygens (including phenoxy) is 1. The molecule has 16 heavy (non-hydrogen) atoms. The fourth-order valence-corrected chi connectivity index (χ4v) is 6.21. The molecular formula is C15H24O. The molecule has 0 N–H and O–H groups in total. The van der Waals surface area contributed by atoms with Gasteiger partial charge in [-0.3, -0.25) is 0 Å². The van der Waals surface area contributed by atoms with Crippen LogP contribution in [-0.4, -0.2) is 11.7 Å². The van der Waals surface area contributed by atoms with Crippen LogP contribution in [0.2, 0.25) is 0 Å². The molecule has 4 fully saturated rings. The van der Waals surface area contributed by atoms with Gasteiger partial charge in [0.05, 0.1) is 11.7 Å². The van der Waals surface area contributed by atoms with E-state index in [2.05, 4.69) is 27.7 Å². The average Bonchev–Trinajstić information content (AvgIpc) is 2.67. The summed E-state index contributed by atoms with van der Waals surface area (Å²) in [4.78, 5) is 0. The average molecular weight is 220 g/mol. The van der Waals surface area contributed by atoms with Crippen molar-refractivity contribution in [2.75, 3.05) is 0 Å². The van der Waals surface area contributed by atoms with Crippen LogP contribution in [0.4, 0.5) is 0 Å². The summed E-state index contributed by atoms with van der Waals surface area (Å²) in [7, 11) is 0. The molecular weight excluding hydrogens is 196 g/mol. The molecule has 4 rings (SSSR count). The third-order valence-corrected chi connectivity index (χ3v) is 7.18. The van der Waals surface area contributed by atoms with Crippen LogP contribution in [0.5, 0.6) is 0 Å². The van der Waals surface area contributed by atoms with E-state index >= 15 is 0 Å². The Morgan fingerprint density at radius 3 is 2.50 bits per heavy atom. The highest BCUT2D eigenvalue weighted by atomic mass is 16.6. The van der Waals surface area contributed by atoms with Crippen LogP contribution in [0.25, 0.3) is 0 Å². The molecule has 6 atom stereocenters. The van der Waals surface area contributed by atoms with E-state index in [1.54, 1.807) is 0 Å². The molecule has 90 valence electrons. The van der Waals surface area contributed by atoms with Crippen molar-refractivity contribution in [3.8, 4) is 0 Å². The summed E-state index contributed by atoms with van der Waals surface area (Å²) in [6.45, 7) is 9.93. The molecule has 1 heteroatoms. The Balaban J connectivity index is 1.85. The first-order chi connectivity index (χ1) is 7.41. The van der Waals surface area contributed by atoms with Gasteiger partial charge in [0.15, 0.2) is 0 Å². The smallest absolute Gasteiger partial charge is 0.0954 e. The van der Waals surface area contributed by atoms with Crippen LogP contribution in [0.15, 0.2) is 0 Å². The van der Waals surface area contributed by atoms with E-state index in [4.69, 9.17) is 4.74 Å². The summed E-state index contributed by atoms with van der Waals surface area (Å²) in [6, 6.07) is 0. The predicted octanol–water partition coefficient (Wildman–Crippen LogP) is 3.63. The zero-order chi connectivity index (χ0) is 11.3. The minimum Gasteiger partial charge on any atom is -0.366 e. The number of hydrogen-bond acceptors (Lipinski definition) is 1. The zero-order valence-electron chi connectivity index (χ0n) is 11.0. The molecule has 1 spiro atoms. The van der Waals surface area contributed by atoms with Gasteiger partial charge in [0.25, 0.3) is 0 Å². The summed E-state index contributed by atoms with van der Waals surface area (Å²) in [5.41, 5.74) is 1.44. The van der Waals surface area contributed by atoms with E-state index in [9.17, 15) is 0 Å². The molecule has 0 aromatic rings. The summed E-state index contributed by atoms with van der Waals surface area (Å²) in [5, 5.41) is 0. The van der Waals surface area contributed by atoms with Gasteiger partial charge in [0.2, 0.25) is 0 Å². The molecule has 0 radical (unpaired) electrons. The second kappa shape index (κ2) is 2.39. The summed E-state index contributed by atoms with van der Waals surface area (Å²) in [6.07, 6.45) is 6.38. The molecule has 1 nitrogen and oxygen atoms in total. The van der Waals surface area contributed by atoms with Gasteiger partial charge >= 0.3 is 0 Å². The minimum atomic E-state index is 0.263. The van der Waals surface area contributed by atoms with Crippen molar-refractivity contribution in [1.82, 2.24) is 0 Å². The summed E-state index contributed by atoms with van der Waals surface area (Å²) in [5.74, 6) is 2.75. The van der Waals surface area contributed by atoms with Crippen molar-refractivity contribution in [1.29, 1.82) is 0 Å². The lowest BCUT2D eigenvalue weighted by molar-refractivity contribution is 0.0866. The quantitative estimate of drug-likeness (QED) is 0.568. The van der Waals surface area contributed by atoms with Gasteiger partial charge < -0.3 is 4.74 Å². The highest BCUT2D eigenvalue weighted by molar-refractivity contribution is 5.24. The Morgan fingerprint density at radius 2 is 1.75 bits per heavy atom. The monoisotopic (exact) mass is 220 g/mol. The summed E-state index contributed by atoms with van der Waals surface area (Å²) < 4.78 is 6.09. The fourth-order valence-electron chi connectivity index (χ4n) is 6.21. The number of fused-ring (bicyclic) bond motifs is 3. The van der Waals surface area contributed by atoms with Crippen molar-refractivity contribution < 1.29 is 4.74 Å². The van der Waals surface area contributed by atoms with Crippen molar-refractivity contribution in [3.05, 3.63) is 0 Å². The maximum Gasteiger partial charge on any atom is 0.0954 e. The molecule has 0 amide bonds. The second-order valence-corrected chi connectivity index (χ2v) is 7.84. The Labute approximate surface area is 98.9 Å². The first-order valence-electron chi connectivity index (χ1n) is 7.09. The van der Waals surface area contributed by atoms with Gasteiger partial charge in [-0.25, -0.2) is 0 Å². The Bertz CT molecular complexity index is 356. The molecule has 0 aromatic heterocycles. The lowest BCUT2D eigenvalue weighted by atomic mass is 9.66. The lowest BCUT2D eigenvalue weighted by Crippen LogP contribution is -2.36. The first kappa shape index (κ1) is 9.94. The van der Waals surface area contributed by atoms with Crippen LogP contribution in [0.3, 0.4) is 0 Å². The highest BCUT2D eigenvalue weighted by Crippen LogP contribution is 2.77. The Kier molecular flexibility index (Phi) is 1.48. The highest BCUT2D eigenvalue weighted by Gasteiger charge is 2.76. The number of hydrogen-bond donors (Lipinski definition) is 0. The van der Waals surface area contributed by atoms with Crippen LogP contribution < -0.4 is 0 Å². The third-order valence-electron chi connectivity index (χ3n) is 7.18. The van der Waals surface area contributed by atoms with Crippen molar-refractivity contribution >= 4 is 0 Å². The lowest BCUT2D eigenvalue weighted by Gasteiger charge is -2.37. The van der Waals surface area contributed by atoms with Gasteiger partial charge in [-0.1, -0.05) is 20.8 Å². The molecule has 0 aromatic carbocycles. The Hall–Kier alpha value is -0.0400. The minimum absolute atomic E-state index is 0.263. The van der Waals surface area contributed by atoms with Gasteiger partial charge in [-0.15, -0.1) is 0 Å². The number of epoxide rings is 1. The topological polar surface area (TPSA) is 12.5 Å². The van der Waals surface area contributed by atoms with Crippen molar-refractivity contribution in [3.63, 3.8) is 0 Å². The molecule has 1 saturated heterocycles. The zero-order valence-corrected chi connectivity index (χ0v) is 11.0. The first-order valence-corrected chi connectivity index (χ1v) is 7.09. The van der Waals surface area contributed by atoms with E-state index in [-0.39, 0.29) is 5.60 Å². The van der Waals surface area contributed by atoms with Crippen LogP contribution in [0.1, 0.15) is 53.4 Å². The molecule has 1 aliphatic heterocycles.